The predicted molar refractivity (Wildman–Crippen MR) is 132 cm³/mol. The summed E-state index contributed by atoms with van der Waals surface area (Å²) in [6.07, 6.45) is 0. The maximum atomic E-state index is 14.7. The van der Waals surface area contributed by atoms with E-state index in [1.165, 1.54) is 7.11 Å². The van der Waals surface area contributed by atoms with Crippen LogP contribution in [0.15, 0.2) is 92.4 Å². The SMILES string of the molecule is COc1c(C)cc(S(OS(=O)(=O)c2c(F)c(F)c(F)c(F)c2F)(c2ccccc2)c2ccccc2)cc1C. The molecule has 4 aromatic carbocycles. The van der Waals surface area contributed by atoms with Crippen molar-refractivity contribution in [2.45, 2.75) is 33.4 Å². The predicted octanol–water partition coefficient (Wildman–Crippen LogP) is 7.61. The van der Waals surface area contributed by atoms with Crippen molar-refractivity contribution in [3.63, 3.8) is 0 Å². The highest BCUT2D eigenvalue weighted by Crippen LogP contribution is 2.70. The summed E-state index contributed by atoms with van der Waals surface area (Å²) in [4.78, 5) is -1.19. The van der Waals surface area contributed by atoms with Gasteiger partial charge >= 0.3 is 10.1 Å². The van der Waals surface area contributed by atoms with Crippen LogP contribution in [0, 0.1) is 42.9 Å². The maximum Gasteiger partial charge on any atom is 0.313 e. The quantitative estimate of drug-likeness (QED) is 0.131. The summed E-state index contributed by atoms with van der Waals surface area (Å²) in [5.41, 5.74) is 1.20. The molecule has 0 saturated carbocycles. The Morgan fingerprint density at radius 1 is 0.605 bits per heavy atom. The number of methoxy groups -OCH3 is 1. The fourth-order valence-corrected chi connectivity index (χ4v) is 9.61. The summed E-state index contributed by atoms with van der Waals surface area (Å²) in [6.45, 7) is 3.43. The molecule has 0 amide bonds. The Morgan fingerprint density at radius 2 is 1.00 bits per heavy atom. The molecule has 4 nitrogen and oxygen atoms in total. The van der Waals surface area contributed by atoms with Gasteiger partial charge in [-0.1, -0.05) is 36.4 Å². The van der Waals surface area contributed by atoms with Crippen LogP contribution in [0.5, 0.6) is 5.75 Å². The molecule has 0 fully saturated rings. The lowest BCUT2D eigenvalue weighted by Crippen LogP contribution is -2.19. The highest BCUT2D eigenvalue weighted by Gasteiger charge is 2.43. The van der Waals surface area contributed by atoms with Crippen LogP contribution in [0.1, 0.15) is 11.1 Å². The Kier molecular flexibility index (Phi) is 7.55. The van der Waals surface area contributed by atoms with E-state index in [-0.39, 0.29) is 4.90 Å². The Hall–Kier alpha value is -3.41. The van der Waals surface area contributed by atoms with Crippen molar-refractivity contribution in [2.75, 3.05) is 7.11 Å². The molecule has 38 heavy (non-hydrogen) atoms. The van der Waals surface area contributed by atoms with Gasteiger partial charge in [-0.05, 0) is 71.7 Å². The Bertz CT molecular complexity index is 1520. The van der Waals surface area contributed by atoms with Crippen LogP contribution in [-0.2, 0) is 13.7 Å². The minimum atomic E-state index is -5.62. The molecule has 0 aromatic heterocycles. The van der Waals surface area contributed by atoms with E-state index < -0.39 is 54.4 Å². The van der Waals surface area contributed by atoms with Crippen molar-refractivity contribution < 1.29 is 38.7 Å². The molecule has 4 rings (SSSR count). The number of aryl methyl sites for hydroxylation is 2. The van der Waals surface area contributed by atoms with E-state index in [9.17, 15) is 30.4 Å². The summed E-state index contributed by atoms with van der Waals surface area (Å²) in [7, 11) is -7.55. The average Bonchev–Trinajstić information content (AvgIpc) is 2.90. The van der Waals surface area contributed by atoms with E-state index in [0.717, 1.165) is 0 Å². The third kappa shape index (κ3) is 4.55. The smallest absolute Gasteiger partial charge is 0.313 e. The lowest BCUT2D eigenvalue weighted by Gasteiger charge is -2.40. The third-order valence-electron chi connectivity index (χ3n) is 5.73. The second-order valence-corrected chi connectivity index (χ2v) is 12.6. The number of rotatable bonds is 7. The largest absolute Gasteiger partial charge is 0.496 e. The van der Waals surface area contributed by atoms with Crippen molar-refractivity contribution in [2.24, 2.45) is 0 Å². The van der Waals surface area contributed by atoms with Gasteiger partial charge in [0.15, 0.2) is 28.2 Å². The number of ether oxygens (including phenoxy) is 1. The molecule has 0 bridgehead atoms. The lowest BCUT2D eigenvalue weighted by molar-refractivity contribution is 0.354. The van der Waals surface area contributed by atoms with E-state index in [4.69, 9.17) is 8.37 Å². The molecule has 0 aliphatic rings. The molecule has 0 aliphatic carbocycles. The average molecular weight is 569 g/mol. The molecule has 200 valence electrons. The van der Waals surface area contributed by atoms with Gasteiger partial charge in [0.1, 0.15) is 5.75 Å². The fourth-order valence-electron chi connectivity index (χ4n) is 4.12. The second kappa shape index (κ2) is 10.4. The van der Waals surface area contributed by atoms with Crippen LogP contribution < -0.4 is 4.74 Å². The molecule has 0 heterocycles. The zero-order valence-electron chi connectivity index (χ0n) is 20.3. The van der Waals surface area contributed by atoms with Crippen LogP contribution in [0.25, 0.3) is 0 Å². The van der Waals surface area contributed by atoms with E-state index in [2.05, 4.69) is 0 Å². The molecule has 0 atom stereocenters. The van der Waals surface area contributed by atoms with Crippen molar-refractivity contribution in [1.82, 2.24) is 0 Å². The van der Waals surface area contributed by atoms with Crippen LogP contribution in [0.2, 0.25) is 0 Å². The summed E-state index contributed by atoms with van der Waals surface area (Å²) in [5.74, 6) is -11.8. The van der Waals surface area contributed by atoms with Crippen LogP contribution >= 0.6 is 10.3 Å². The third-order valence-corrected chi connectivity index (χ3v) is 10.9. The first-order chi connectivity index (χ1) is 18.0. The minimum Gasteiger partial charge on any atom is -0.496 e. The molecule has 11 heteroatoms. The summed E-state index contributed by atoms with van der Waals surface area (Å²) >= 11 is 0. The van der Waals surface area contributed by atoms with Gasteiger partial charge in [-0.25, -0.2) is 25.6 Å². The van der Waals surface area contributed by atoms with Gasteiger partial charge in [-0.15, -0.1) is 0 Å². The van der Waals surface area contributed by atoms with Crippen LogP contribution in [0.4, 0.5) is 22.0 Å². The fraction of sp³-hybridized carbons (Fsp3) is 0.111. The molecule has 0 aliphatic heterocycles. The first-order valence-electron chi connectivity index (χ1n) is 11.0. The van der Waals surface area contributed by atoms with Gasteiger partial charge in [0.2, 0.25) is 5.82 Å². The first-order valence-corrected chi connectivity index (χ1v) is 14.0. The molecule has 0 N–H and O–H groups in total. The van der Waals surface area contributed by atoms with Gasteiger partial charge in [0.25, 0.3) is 0 Å². The molecule has 0 radical (unpaired) electrons. The van der Waals surface area contributed by atoms with Gasteiger partial charge in [0, 0.05) is 14.7 Å². The van der Waals surface area contributed by atoms with Crippen molar-refractivity contribution >= 4 is 20.4 Å². The zero-order chi connectivity index (χ0) is 27.8. The monoisotopic (exact) mass is 568 g/mol. The highest BCUT2D eigenvalue weighted by atomic mass is 32.3. The Balaban J connectivity index is 2.12. The van der Waals surface area contributed by atoms with Gasteiger partial charge in [0.05, 0.1) is 7.11 Å². The van der Waals surface area contributed by atoms with Gasteiger partial charge in [-0.3, -0.25) is 0 Å². The number of hydrogen-bond acceptors (Lipinski definition) is 4. The van der Waals surface area contributed by atoms with Gasteiger partial charge < -0.3 is 4.74 Å². The molecule has 0 spiro atoms. The first kappa shape index (κ1) is 27.6. The summed E-state index contributed by atoms with van der Waals surface area (Å²) < 4.78 is 110. The van der Waals surface area contributed by atoms with Crippen molar-refractivity contribution in [3.05, 3.63) is 113 Å². The van der Waals surface area contributed by atoms with Gasteiger partial charge in [-0.2, -0.15) is 8.42 Å². The number of hydrogen-bond donors (Lipinski definition) is 0. The highest BCUT2D eigenvalue weighted by molar-refractivity contribution is 8.33. The molecular weight excluding hydrogens is 547 g/mol. The summed E-state index contributed by atoms with van der Waals surface area (Å²) in [5, 5.41) is 0. The van der Waals surface area contributed by atoms with E-state index in [0.29, 0.717) is 26.7 Å². The van der Waals surface area contributed by atoms with E-state index in [1.54, 1.807) is 86.6 Å². The molecule has 4 aromatic rings. The Labute approximate surface area is 218 Å². The van der Waals surface area contributed by atoms with Crippen molar-refractivity contribution in [3.8, 4) is 5.75 Å². The second-order valence-electron chi connectivity index (χ2n) is 8.19. The molecule has 0 unspecified atom stereocenters. The van der Waals surface area contributed by atoms with E-state index in [1.807, 2.05) is 0 Å². The minimum absolute atomic E-state index is 0.290. The number of halogens is 5. The number of benzene rings is 4. The standard InChI is InChI=1S/C27H21F5O4S2/c1-16-14-20(15-17(2)26(16)35-3)37(18-10-6-4-7-11-18,19-12-8-5-9-13-19)36-38(33,34)27-24(31)22(29)21(28)23(30)25(27)32/h4-15H,1-3H3. The normalized spacial score (nSPS) is 12.4. The van der Waals surface area contributed by atoms with Crippen LogP contribution in [-0.4, -0.2) is 15.5 Å². The lowest BCUT2D eigenvalue weighted by atomic mass is 10.1. The topological polar surface area (TPSA) is 52.6 Å². The Morgan fingerprint density at radius 3 is 1.39 bits per heavy atom. The van der Waals surface area contributed by atoms with Crippen LogP contribution in [0.3, 0.4) is 0 Å². The molecule has 0 saturated heterocycles. The van der Waals surface area contributed by atoms with E-state index >= 15 is 0 Å². The summed E-state index contributed by atoms with van der Waals surface area (Å²) in [6, 6.07) is 19.2. The van der Waals surface area contributed by atoms with Crippen molar-refractivity contribution in [1.29, 1.82) is 0 Å². The zero-order valence-corrected chi connectivity index (χ0v) is 21.9. The molecular formula is C27H21F5O4S2. The maximum absolute atomic E-state index is 14.7.